The highest BCUT2D eigenvalue weighted by molar-refractivity contribution is 9.10. The van der Waals surface area contributed by atoms with Crippen LogP contribution < -0.4 is 4.74 Å². The summed E-state index contributed by atoms with van der Waals surface area (Å²) in [7, 11) is 0. The van der Waals surface area contributed by atoms with Crippen molar-refractivity contribution in [2.24, 2.45) is 0 Å². The molecule has 1 heterocycles. The van der Waals surface area contributed by atoms with Crippen LogP contribution in [0.3, 0.4) is 0 Å². The van der Waals surface area contributed by atoms with Crippen LogP contribution in [0.4, 0.5) is 0 Å². The maximum Gasteiger partial charge on any atom is 0.120 e. The van der Waals surface area contributed by atoms with E-state index in [0.717, 1.165) is 34.2 Å². The van der Waals surface area contributed by atoms with Crippen LogP contribution in [-0.2, 0) is 0 Å². The number of pyridine rings is 1. The van der Waals surface area contributed by atoms with Gasteiger partial charge in [0.15, 0.2) is 0 Å². The maximum absolute atomic E-state index is 5.99. The highest BCUT2D eigenvalue weighted by atomic mass is 79.9. The molecule has 1 aromatic heterocycles. The third-order valence-electron chi connectivity index (χ3n) is 2.20. The lowest BCUT2D eigenvalue weighted by Crippen LogP contribution is -1.94. The molecule has 1 aromatic carbocycles. The molecule has 2 rings (SSSR count). The lowest BCUT2D eigenvalue weighted by molar-refractivity contribution is 0.318. The normalized spacial score (nSPS) is 10.7. The number of rotatable bonds is 3. The van der Waals surface area contributed by atoms with E-state index in [1.807, 2.05) is 18.2 Å². The van der Waals surface area contributed by atoms with E-state index >= 15 is 0 Å². The zero-order valence-electron chi connectivity index (χ0n) is 8.84. The minimum atomic E-state index is 0.611. The van der Waals surface area contributed by atoms with Gasteiger partial charge in [0.2, 0.25) is 0 Å². The molecule has 0 aliphatic heterocycles. The van der Waals surface area contributed by atoms with Crippen LogP contribution in [0.2, 0.25) is 5.02 Å². The summed E-state index contributed by atoms with van der Waals surface area (Å²) in [6.45, 7) is 2.80. The van der Waals surface area contributed by atoms with E-state index in [1.165, 1.54) is 0 Å². The van der Waals surface area contributed by atoms with Crippen LogP contribution in [0.25, 0.3) is 10.9 Å². The Bertz CT molecular complexity index is 516. The first-order chi connectivity index (χ1) is 7.72. The molecule has 0 saturated heterocycles. The fraction of sp³-hybridized carbons (Fsp3) is 0.250. The fourth-order valence-electron chi connectivity index (χ4n) is 1.42. The lowest BCUT2D eigenvalue weighted by Gasteiger charge is -2.07. The van der Waals surface area contributed by atoms with Crippen molar-refractivity contribution in [3.05, 3.63) is 33.9 Å². The Balaban J connectivity index is 2.47. The van der Waals surface area contributed by atoms with Crippen LogP contribution >= 0.6 is 27.5 Å². The molecule has 16 heavy (non-hydrogen) atoms. The molecule has 0 unspecified atom stereocenters. The second-order valence-corrected chi connectivity index (χ2v) is 4.65. The van der Waals surface area contributed by atoms with Gasteiger partial charge in [-0.05, 0) is 40.5 Å². The van der Waals surface area contributed by atoms with E-state index in [1.54, 1.807) is 6.20 Å². The van der Waals surface area contributed by atoms with Gasteiger partial charge in [-0.2, -0.15) is 0 Å². The van der Waals surface area contributed by atoms with Crippen molar-refractivity contribution in [1.82, 2.24) is 4.98 Å². The molecule has 2 nitrogen and oxygen atoms in total. The maximum atomic E-state index is 5.99. The molecule has 4 heteroatoms. The second-order valence-electron chi connectivity index (χ2n) is 3.45. The van der Waals surface area contributed by atoms with Crippen molar-refractivity contribution in [1.29, 1.82) is 0 Å². The summed E-state index contributed by atoms with van der Waals surface area (Å²) >= 11 is 9.45. The second kappa shape index (κ2) is 5.02. The Morgan fingerprint density at radius 2 is 2.25 bits per heavy atom. The van der Waals surface area contributed by atoms with Crippen LogP contribution in [0.5, 0.6) is 5.75 Å². The summed E-state index contributed by atoms with van der Waals surface area (Å²) in [6, 6.07) is 5.81. The molecule has 0 aliphatic rings. The topological polar surface area (TPSA) is 22.1 Å². The van der Waals surface area contributed by atoms with Gasteiger partial charge in [-0.25, -0.2) is 0 Å². The molecule has 0 bridgehead atoms. The van der Waals surface area contributed by atoms with Crippen molar-refractivity contribution in [2.75, 3.05) is 6.61 Å². The molecule has 0 radical (unpaired) electrons. The number of halogens is 2. The van der Waals surface area contributed by atoms with Gasteiger partial charge in [0, 0.05) is 16.1 Å². The third-order valence-corrected chi connectivity index (χ3v) is 3.57. The first-order valence-electron chi connectivity index (χ1n) is 5.09. The van der Waals surface area contributed by atoms with Crippen molar-refractivity contribution < 1.29 is 4.74 Å². The molecular weight excluding hydrogens is 289 g/mol. The number of hydrogen-bond donors (Lipinski definition) is 0. The zero-order valence-corrected chi connectivity index (χ0v) is 11.2. The number of nitrogens with zero attached hydrogens (tertiary/aromatic N) is 1. The van der Waals surface area contributed by atoms with E-state index in [-0.39, 0.29) is 0 Å². The summed E-state index contributed by atoms with van der Waals surface area (Å²) in [4.78, 5) is 4.25. The first kappa shape index (κ1) is 11.7. The highest BCUT2D eigenvalue weighted by Crippen LogP contribution is 2.31. The molecule has 0 atom stereocenters. The minimum Gasteiger partial charge on any atom is -0.494 e. The van der Waals surface area contributed by atoms with Gasteiger partial charge in [0.05, 0.1) is 17.1 Å². The van der Waals surface area contributed by atoms with Gasteiger partial charge in [0.1, 0.15) is 5.75 Å². The quantitative estimate of drug-likeness (QED) is 0.836. The van der Waals surface area contributed by atoms with Gasteiger partial charge in [-0.3, -0.25) is 4.98 Å². The largest absolute Gasteiger partial charge is 0.494 e. The van der Waals surface area contributed by atoms with Gasteiger partial charge in [-0.15, -0.1) is 0 Å². The standard InChI is InChI=1S/C12H11BrClNO/c1-2-5-16-8-3-4-11-9(6-8)12(13)10(14)7-15-11/h3-4,6-7H,2,5H2,1H3. The minimum absolute atomic E-state index is 0.611. The van der Waals surface area contributed by atoms with Crippen LogP contribution in [0, 0.1) is 0 Å². The van der Waals surface area contributed by atoms with E-state index in [2.05, 4.69) is 27.8 Å². The van der Waals surface area contributed by atoms with Crippen LogP contribution in [0.15, 0.2) is 28.9 Å². The molecule has 0 fully saturated rings. The van der Waals surface area contributed by atoms with E-state index < -0.39 is 0 Å². The first-order valence-corrected chi connectivity index (χ1v) is 6.26. The Hall–Kier alpha value is -0.800. The van der Waals surface area contributed by atoms with E-state index in [9.17, 15) is 0 Å². The summed E-state index contributed by atoms with van der Waals surface area (Å²) in [5.74, 6) is 0.846. The molecule has 2 aromatic rings. The average molecular weight is 301 g/mol. The number of hydrogen-bond acceptors (Lipinski definition) is 2. The predicted molar refractivity (Wildman–Crippen MR) is 70.2 cm³/mol. The monoisotopic (exact) mass is 299 g/mol. The van der Waals surface area contributed by atoms with Crippen molar-refractivity contribution >= 4 is 38.4 Å². The molecule has 0 saturated carbocycles. The molecule has 0 amide bonds. The van der Waals surface area contributed by atoms with Crippen molar-refractivity contribution in [3.63, 3.8) is 0 Å². The van der Waals surface area contributed by atoms with E-state index in [0.29, 0.717) is 5.02 Å². The Kier molecular flexibility index (Phi) is 3.66. The van der Waals surface area contributed by atoms with Crippen LogP contribution in [0.1, 0.15) is 13.3 Å². The van der Waals surface area contributed by atoms with E-state index in [4.69, 9.17) is 16.3 Å². The fourth-order valence-corrected chi connectivity index (χ4v) is 2.00. The van der Waals surface area contributed by atoms with Gasteiger partial charge >= 0.3 is 0 Å². The number of ether oxygens (including phenoxy) is 1. The lowest BCUT2D eigenvalue weighted by atomic mass is 10.2. The Morgan fingerprint density at radius 1 is 1.44 bits per heavy atom. The molecule has 0 aliphatic carbocycles. The van der Waals surface area contributed by atoms with Gasteiger partial charge in [-0.1, -0.05) is 18.5 Å². The van der Waals surface area contributed by atoms with Gasteiger partial charge < -0.3 is 4.74 Å². The summed E-state index contributed by atoms with van der Waals surface area (Å²) < 4.78 is 6.43. The molecule has 0 N–H and O–H groups in total. The molecule has 84 valence electrons. The summed E-state index contributed by atoms with van der Waals surface area (Å²) in [5, 5.41) is 1.58. The van der Waals surface area contributed by atoms with Crippen molar-refractivity contribution in [3.8, 4) is 5.75 Å². The van der Waals surface area contributed by atoms with Crippen molar-refractivity contribution in [2.45, 2.75) is 13.3 Å². The van der Waals surface area contributed by atoms with Crippen LogP contribution in [-0.4, -0.2) is 11.6 Å². The third kappa shape index (κ3) is 2.30. The smallest absolute Gasteiger partial charge is 0.120 e. The average Bonchev–Trinajstić information content (AvgIpc) is 2.31. The Labute approximate surface area is 108 Å². The summed E-state index contributed by atoms with van der Waals surface area (Å²) in [6.07, 6.45) is 2.63. The number of fused-ring (bicyclic) bond motifs is 1. The molecule has 0 spiro atoms. The zero-order chi connectivity index (χ0) is 11.5. The number of aromatic nitrogens is 1. The number of benzene rings is 1. The molecular formula is C12H11BrClNO. The summed E-state index contributed by atoms with van der Waals surface area (Å²) in [5.41, 5.74) is 0.903. The SMILES string of the molecule is CCCOc1ccc2ncc(Cl)c(Br)c2c1. The highest BCUT2D eigenvalue weighted by Gasteiger charge is 2.05. The Morgan fingerprint density at radius 3 is 3.00 bits per heavy atom. The van der Waals surface area contributed by atoms with Gasteiger partial charge in [0.25, 0.3) is 0 Å². The predicted octanol–water partition coefficient (Wildman–Crippen LogP) is 4.44.